The minimum absolute atomic E-state index is 0.00808. The molecule has 0 bridgehead atoms. The zero-order chi connectivity index (χ0) is 11.7. The Morgan fingerprint density at radius 1 is 1.31 bits per heavy atom. The van der Waals surface area contributed by atoms with Crippen molar-refractivity contribution < 1.29 is 13.3 Å². The molecule has 0 aliphatic rings. The fourth-order valence-corrected chi connectivity index (χ4v) is 1.81. The summed E-state index contributed by atoms with van der Waals surface area (Å²) in [6, 6.07) is 3.14. The highest BCUT2D eigenvalue weighted by Gasteiger charge is 2.18. The van der Waals surface area contributed by atoms with E-state index in [2.05, 4.69) is 5.16 Å². The summed E-state index contributed by atoms with van der Waals surface area (Å²) < 4.78 is 30.9. The fourth-order valence-electron chi connectivity index (χ4n) is 1.30. The number of halogens is 4. The highest BCUT2D eigenvalue weighted by atomic mass is 35.5. The number of rotatable bonds is 2. The average molecular weight is 264 g/mol. The first kappa shape index (κ1) is 11.4. The zero-order valence-electron chi connectivity index (χ0n) is 7.81. The summed E-state index contributed by atoms with van der Waals surface area (Å²) in [5, 5.41) is 3.60. The van der Waals surface area contributed by atoms with Gasteiger partial charge in [0.15, 0.2) is 0 Å². The van der Waals surface area contributed by atoms with Gasteiger partial charge in [0.05, 0.1) is 11.4 Å². The Hall–Kier alpha value is -1.13. The molecular weight excluding hydrogens is 259 g/mol. The minimum Gasteiger partial charge on any atom is -0.343 e. The van der Waals surface area contributed by atoms with Crippen molar-refractivity contribution in [2.75, 3.05) is 0 Å². The number of alkyl halides is 1. The third-order valence-corrected chi connectivity index (χ3v) is 2.62. The number of hydrogen-bond acceptors (Lipinski definition) is 2. The van der Waals surface area contributed by atoms with E-state index in [9.17, 15) is 8.78 Å². The van der Waals surface area contributed by atoms with Crippen LogP contribution in [-0.2, 0) is 5.88 Å². The molecule has 0 fully saturated rings. The number of aromatic nitrogens is 1. The Morgan fingerprint density at radius 3 is 2.69 bits per heavy atom. The summed E-state index contributed by atoms with van der Waals surface area (Å²) in [5.41, 5.74) is 0.680. The zero-order valence-corrected chi connectivity index (χ0v) is 9.32. The SMILES string of the molecule is Fc1ccc(-c2noc(Cl)c2CCl)c(F)c1. The van der Waals surface area contributed by atoms with Gasteiger partial charge < -0.3 is 4.52 Å². The van der Waals surface area contributed by atoms with Crippen LogP contribution in [-0.4, -0.2) is 5.16 Å². The molecule has 2 rings (SSSR count). The summed E-state index contributed by atoms with van der Waals surface area (Å²) in [5.74, 6) is -1.37. The summed E-state index contributed by atoms with van der Waals surface area (Å²) in [7, 11) is 0. The van der Waals surface area contributed by atoms with Crippen LogP contribution in [0, 0.1) is 11.6 Å². The molecule has 1 aromatic heterocycles. The second-order valence-electron chi connectivity index (χ2n) is 3.04. The van der Waals surface area contributed by atoms with Crippen molar-refractivity contribution in [3.63, 3.8) is 0 Å². The fraction of sp³-hybridized carbons (Fsp3) is 0.100. The van der Waals surface area contributed by atoms with Crippen LogP contribution in [0.4, 0.5) is 8.78 Å². The molecule has 6 heteroatoms. The van der Waals surface area contributed by atoms with Gasteiger partial charge in [-0.3, -0.25) is 0 Å². The van der Waals surface area contributed by atoms with Gasteiger partial charge in [0.2, 0.25) is 5.22 Å². The van der Waals surface area contributed by atoms with Gasteiger partial charge in [-0.2, -0.15) is 0 Å². The molecule has 0 radical (unpaired) electrons. The Morgan fingerprint density at radius 2 is 2.06 bits per heavy atom. The summed E-state index contributed by atoms with van der Waals surface area (Å²) >= 11 is 11.3. The molecule has 0 saturated carbocycles. The van der Waals surface area contributed by atoms with Crippen LogP contribution in [0.3, 0.4) is 0 Å². The molecule has 0 aliphatic heterocycles. The second kappa shape index (κ2) is 4.39. The van der Waals surface area contributed by atoms with Gasteiger partial charge >= 0.3 is 0 Å². The van der Waals surface area contributed by atoms with E-state index in [1.807, 2.05) is 0 Å². The molecule has 0 spiro atoms. The van der Waals surface area contributed by atoms with E-state index in [0.717, 1.165) is 12.1 Å². The van der Waals surface area contributed by atoms with E-state index in [1.165, 1.54) is 6.07 Å². The van der Waals surface area contributed by atoms with E-state index in [0.29, 0.717) is 5.56 Å². The topological polar surface area (TPSA) is 26.0 Å². The van der Waals surface area contributed by atoms with Crippen LogP contribution in [0.15, 0.2) is 22.7 Å². The van der Waals surface area contributed by atoms with Gasteiger partial charge in [-0.05, 0) is 23.7 Å². The minimum atomic E-state index is -0.740. The average Bonchev–Trinajstić information content (AvgIpc) is 2.59. The Balaban J connectivity index is 2.58. The maximum atomic E-state index is 13.5. The molecule has 16 heavy (non-hydrogen) atoms. The number of nitrogens with zero attached hydrogens (tertiary/aromatic N) is 1. The third-order valence-electron chi connectivity index (χ3n) is 2.06. The van der Waals surface area contributed by atoms with Gasteiger partial charge in [0.25, 0.3) is 0 Å². The van der Waals surface area contributed by atoms with Gasteiger partial charge in [-0.1, -0.05) is 5.16 Å². The number of hydrogen-bond donors (Lipinski definition) is 0. The molecule has 0 N–H and O–H groups in total. The molecule has 0 amide bonds. The van der Waals surface area contributed by atoms with Crippen LogP contribution >= 0.6 is 23.2 Å². The molecular formula is C10H5Cl2F2NO. The third kappa shape index (κ3) is 1.90. The van der Waals surface area contributed by atoms with Crippen LogP contribution in [0.2, 0.25) is 5.22 Å². The number of benzene rings is 1. The lowest BCUT2D eigenvalue weighted by atomic mass is 10.1. The Kier molecular flexibility index (Phi) is 3.12. The van der Waals surface area contributed by atoms with Crippen molar-refractivity contribution in [1.82, 2.24) is 5.16 Å². The van der Waals surface area contributed by atoms with Gasteiger partial charge in [0.1, 0.15) is 17.3 Å². The van der Waals surface area contributed by atoms with E-state index in [1.54, 1.807) is 0 Å². The van der Waals surface area contributed by atoms with Crippen molar-refractivity contribution >= 4 is 23.2 Å². The maximum Gasteiger partial charge on any atom is 0.231 e. The molecule has 2 nitrogen and oxygen atoms in total. The molecule has 0 saturated heterocycles. The van der Waals surface area contributed by atoms with Crippen molar-refractivity contribution in [2.24, 2.45) is 0 Å². The van der Waals surface area contributed by atoms with Crippen LogP contribution < -0.4 is 0 Å². The molecule has 0 unspecified atom stereocenters. The molecule has 1 aromatic carbocycles. The monoisotopic (exact) mass is 263 g/mol. The molecule has 84 valence electrons. The van der Waals surface area contributed by atoms with Crippen molar-refractivity contribution in [3.05, 3.63) is 40.6 Å². The van der Waals surface area contributed by atoms with E-state index in [4.69, 9.17) is 27.7 Å². The predicted molar refractivity (Wildman–Crippen MR) is 56.4 cm³/mol. The van der Waals surface area contributed by atoms with Gasteiger partial charge in [-0.25, -0.2) is 8.78 Å². The quantitative estimate of drug-likeness (QED) is 0.766. The van der Waals surface area contributed by atoms with Crippen LogP contribution in [0.25, 0.3) is 11.3 Å². The van der Waals surface area contributed by atoms with Gasteiger partial charge in [0, 0.05) is 11.6 Å². The van der Waals surface area contributed by atoms with Crippen LogP contribution in [0.1, 0.15) is 5.56 Å². The predicted octanol–water partition coefficient (Wildman–Crippen LogP) is 4.01. The highest BCUT2D eigenvalue weighted by molar-refractivity contribution is 6.31. The van der Waals surface area contributed by atoms with E-state index >= 15 is 0 Å². The van der Waals surface area contributed by atoms with Crippen molar-refractivity contribution in [1.29, 1.82) is 0 Å². The maximum absolute atomic E-state index is 13.5. The van der Waals surface area contributed by atoms with Crippen LogP contribution in [0.5, 0.6) is 0 Å². The lowest BCUT2D eigenvalue weighted by molar-refractivity contribution is 0.423. The van der Waals surface area contributed by atoms with Crippen molar-refractivity contribution in [2.45, 2.75) is 5.88 Å². The molecule has 0 atom stereocenters. The molecule has 0 aliphatic carbocycles. The summed E-state index contributed by atoms with van der Waals surface area (Å²) in [6.07, 6.45) is 0. The lowest BCUT2D eigenvalue weighted by Gasteiger charge is -2.00. The summed E-state index contributed by atoms with van der Waals surface area (Å²) in [4.78, 5) is 0. The highest BCUT2D eigenvalue weighted by Crippen LogP contribution is 2.31. The first-order valence-electron chi connectivity index (χ1n) is 4.29. The van der Waals surface area contributed by atoms with E-state index in [-0.39, 0.29) is 22.4 Å². The van der Waals surface area contributed by atoms with E-state index < -0.39 is 11.6 Å². The first-order chi connectivity index (χ1) is 7.63. The Labute approximate surface area is 99.8 Å². The second-order valence-corrected chi connectivity index (χ2v) is 3.65. The Bertz CT molecular complexity index is 528. The van der Waals surface area contributed by atoms with Crippen molar-refractivity contribution in [3.8, 4) is 11.3 Å². The largest absolute Gasteiger partial charge is 0.343 e. The smallest absolute Gasteiger partial charge is 0.231 e. The molecule has 2 aromatic rings. The standard InChI is InChI=1S/C10H5Cl2F2NO/c11-4-7-9(15-16-10(7)12)6-2-1-5(13)3-8(6)14/h1-3H,4H2. The lowest BCUT2D eigenvalue weighted by Crippen LogP contribution is -1.89. The first-order valence-corrected chi connectivity index (χ1v) is 5.20. The van der Waals surface area contributed by atoms with Gasteiger partial charge in [-0.15, -0.1) is 11.6 Å². The molecule has 1 heterocycles. The normalized spacial score (nSPS) is 10.8. The summed E-state index contributed by atoms with van der Waals surface area (Å²) in [6.45, 7) is 0.